The zero-order valence-corrected chi connectivity index (χ0v) is 10.6. The number of rotatable bonds is 6. The molecule has 0 aliphatic heterocycles. The largest absolute Gasteiger partial charge is 0.396 e. The van der Waals surface area contributed by atoms with Gasteiger partial charge in [0.05, 0.1) is 6.20 Å². The summed E-state index contributed by atoms with van der Waals surface area (Å²) >= 11 is 0. The van der Waals surface area contributed by atoms with Crippen LogP contribution in [0, 0.1) is 0 Å². The molecule has 0 unspecified atom stereocenters. The Hall–Kier alpha value is -1.65. The Bertz CT molecular complexity index is 467. The van der Waals surface area contributed by atoms with Gasteiger partial charge < -0.3 is 10.4 Å². The number of nitrogens with one attached hydrogen (secondary N) is 1. The lowest BCUT2D eigenvalue weighted by molar-refractivity contribution is 0.265. The quantitative estimate of drug-likeness (QED) is 0.813. The van der Waals surface area contributed by atoms with Crippen molar-refractivity contribution >= 4 is 0 Å². The predicted molar refractivity (Wildman–Crippen MR) is 70.9 cm³/mol. The first-order valence-corrected chi connectivity index (χ1v) is 6.16. The molecule has 0 fully saturated rings. The molecule has 96 valence electrons. The van der Waals surface area contributed by atoms with Crippen LogP contribution in [-0.4, -0.2) is 21.5 Å². The van der Waals surface area contributed by atoms with Gasteiger partial charge in [0, 0.05) is 38.0 Å². The number of aliphatic hydroxyl groups excluding tert-OH is 1. The minimum absolute atomic E-state index is 0.177. The lowest BCUT2D eigenvalue weighted by Gasteiger charge is -2.17. The highest BCUT2D eigenvalue weighted by Gasteiger charge is 2.10. The molecule has 0 bridgehead atoms. The molecule has 0 saturated carbocycles. The van der Waals surface area contributed by atoms with E-state index in [0.717, 1.165) is 12.1 Å². The summed E-state index contributed by atoms with van der Waals surface area (Å²) in [6.07, 6.45) is 4.56. The van der Waals surface area contributed by atoms with E-state index in [1.807, 2.05) is 37.6 Å². The van der Waals surface area contributed by atoms with E-state index in [4.69, 9.17) is 5.11 Å². The second-order valence-electron chi connectivity index (χ2n) is 4.38. The summed E-state index contributed by atoms with van der Waals surface area (Å²) in [4.78, 5) is 0. The second-order valence-corrected chi connectivity index (χ2v) is 4.38. The van der Waals surface area contributed by atoms with E-state index in [9.17, 15) is 0 Å². The Balaban J connectivity index is 1.98. The van der Waals surface area contributed by atoms with Crippen LogP contribution in [0.3, 0.4) is 0 Å². The van der Waals surface area contributed by atoms with E-state index in [-0.39, 0.29) is 12.6 Å². The number of aromatic nitrogens is 2. The summed E-state index contributed by atoms with van der Waals surface area (Å²) in [5.41, 5.74) is 2.35. The number of aryl methyl sites for hydroxylation is 1. The molecule has 18 heavy (non-hydrogen) atoms. The van der Waals surface area contributed by atoms with Crippen LogP contribution in [0.25, 0.3) is 0 Å². The number of hydrogen-bond donors (Lipinski definition) is 2. The molecule has 0 spiro atoms. The lowest BCUT2D eigenvalue weighted by Crippen LogP contribution is -2.21. The topological polar surface area (TPSA) is 50.1 Å². The Morgan fingerprint density at radius 1 is 1.33 bits per heavy atom. The van der Waals surface area contributed by atoms with Crippen molar-refractivity contribution in [3.63, 3.8) is 0 Å². The molecule has 0 aliphatic rings. The Morgan fingerprint density at radius 3 is 2.72 bits per heavy atom. The molecule has 4 heteroatoms. The average Bonchev–Trinajstić information content (AvgIpc) is 2.81. The normalized spacial score (nSPS) is 12.6. The van der Waals surface area contributed by atoms with Gasteiger partial charge in [-0.15, -0.1) is 0 Å². The summed E-state index contributed by atoms with van der Waals surface area (Å²) in [6.45, 7) is 0.938. The van der Waals surface area contributed by atoms with Gasteiger partial charge in [-0.25, -0.2) is 0 Å². The van der Waals surface area contributed by atoms with Crippen molar-refractivity contribution < 1.29 is 5.11 Å². The van der Waals surface area contributed by atoms with E-state index in [0.29, 0.717) is 6.42 Å². The SMILES string of the molecule is Cn1cc(CN[C@H](CCO)c2ccccc2)cn1. The number of hydrogen-bond acceptors (Lipinski definition) is 3. The Morgan fingerprint density at radius 2 is 2.11 bits per heavy atom. The molecule has 4 nitrogen and oxygen atoms in total. The first kappa shape index (κ1) is 12.8. The van der Waals surface area contributed by atoms with Crippen LogP contribution in [0.1, 0.15) is 23.6 Å². The van der Waals surface area contributed by atoms with Gasteiger partial charge in [-0.05, 0) is 12.0 Å². The van der Waals surface area contributed by atoms with Crippen LogP contribution in [0.4, 0.5) is 0 Å². The molecular weight excluding hydrogens is 226 g/mol. The van der Waals surface area contributed by atoms with Gasteiger partial charge >= 0.3 is 0 Å². The molecule has 2 aromatic rings. The molecule has 2 rings (SSSR count). The van der Waals surface area contributed by atoms with Crippen molar-refractivity contribution in [3.05, 3.63) is 53.9 Å². The van der Waals surface area contributed by atoms with Crippen LogP contribution in [0.15, 0.2) is 42.7 Å². The third-order valence-corrected chi connectivity index (χ3v) is 2.93. The fourth-order valence-electron chi connectivity index (χ4n) is 2.01. The molecule has 2 N–H and O–H groups in total. The molecule has 1 aromatic heterocycles. The highest BCUT2D eigenvalue weighted by Crippen LogP contribution is 2.16. The first-order chi connectivity index (χ1) is 8.79. The molecule has 0 radical (unpaired) electrons. The van der Waals surface area contributed by atoms with Crippen LogP contribution in [0.5, 0.6) is 0 Å². The van der Waals surface area contributed by atoms with Crippen molar-refractivity contribution in [2.45, 2.75) is 19.0 Å². The number of aliphatic hydroxyl groups is 1. The molecule has 0 amide bonds. The average molecular weight is 245 g/mol. The number of benzene rings is 1. The van der Waals surface area contributed by atoms with Crippen LogP contribution < -0.4 is 5.32 Å². The Labute approximate surface area is 107 Å². The third kappa shape index (κ3) is 3.42. The minimum Gasteiger partial charge on any atom is -0.396 e. The molecule has 0 saturated heterocycles. The van der Waals surface area contributed by atoms with Gasteiger partial charge in [-0.3, -0.25) is 4.68 Å². The summed E-state index contributed by atoms with van der Waals surface area (Å²) in [5.74, 6) is 0. The highest BCUT2D eigenvalue weighted by atomic mass is 16.3. The summed E-state index contributed by atoms with van der Waals surface area (Å²) < 4.78 is 1.79. The van der Waals surface area contributed by atoms with Gasteiger partial charge in [-0.2, -0.15) is 5.10 Å². The third-order valence-electron chi connectivity index (χ3n) is 2.93. The first-order valence-electron chi connectivity index (χ1n) is 6.16. The van der Waals surface area contributed by atoms with Gasteiger partial charge in [-0.1, -0.05) is 30.3 Å². The molecule has 0 aliphatic carbocycles. The lowest BCUT2D eigenvalue weighted by atomic mass is 10.0. The van der Waals surface area contributed by atoms with Gasteiger partial charge in [0.25, 0.3) is 0 Å². The maximum atomic E-state index is 9.14. The molecule has 1 heterocycles. The number of nitrogens with zero attached hydrogens (tertiary/aromatic N) is 2. The highest BCUT2D eigenvalue weighted by molar-refractivity contribution is 5.19. The molecular formula is C14H19N3O. The van der Waals surface area contributed by atoms with Crippen LogP contribution >= 0.6 is 0 Å². The van der Waals surface area contributed by atoms with E-state index >= 15 is 0 Å². The smallest absolute Gasteiger partial charge is 0.0534 e. The van der Waals surface area contributed by atoms with Crippen molar-refractivity contribution in [3.8, 4) is 0 Å². The van der Waals surface area contributed by atoms with Crippen molar-refractivity contribution in [1.82, 2.24) is 15.1 Å². The van der Waals surface area contributed by atoms with E-state index in [2.05, 4.69) is 22.5 Å². The maximum Gasteiger partial charge on any atom is 0.0534 e. The second kappa shape index (κ2) is 6.33. The summed E-state index contributed by atoms with van der Waals surface area (Å²) in [7, 11) is 1.91. The monoisotopic (exact) mass is 245 g/mol. The van der Waals surface area contributed by atoms with Gasteiger partial charge in [0.15, 0.2) is 0 Å². The standard InChI is InChI=1S/C14H19N3O/c1-17-11-12(10-16-17)9-15-14(7-8-18)13-5-3-2-4-6-13/h2-6,10-11,14-15,18H,7-9H2,1H3/t14-/m1/s1. The van der Waals surface area contributed by atoms with Crippen molar-refractivity contribution in [2.75, 3.05) is 6.61 Å². The Kier molecular flexibility index (Phi) is 4.50. The van der Waals surface area contributed by atoms with Crippen LogP contribution in [0.2, 0.25) is 0 Å². The minimum atomic E-state index is 0.177. The molecule has 1 aromatic carbocycles. The maximum absolute atomic E-state index is 9.14. The zero-order valence-electron chi connectivity index (χ0n) is 10.6. The van der Waals surface area contributed by atoms with Gasteiger partial charge in [0.2, 0.25) is 0 Å². The molecule has 1 atom stereocenters. The van der Waals surface area contributed by atoms with Gasteiger partial charge in [0.1, 0.15) is 0 Å². The van der Waals surface area contributed by atoms with Crippen LogP contribution in [-0.2, 0) is 13.6 Å². The van der Waals surface area contributed by atoms with E-state index < -0.39 is 0 Å². The zero-order chi connectivity index (χ0) is 12.8. The van der Waals surface area contributed by atoms with Crippen molar-refractivity contribution in [1.29, 1.82) is 0 Å². The summed E-state index contributed by atoms with van der Waals surface area (Å²) in [5, 5.41) is 16.7. The predicted octanol–water partition coefficient (Wildman–Crippen LogP) is 1.63. The van der Waals surface area contributed by atoms with Crippen molar-refractivity contribution in [2.24, 2.45) is 7.05 Å². The fraction of sp³-hybridized carbons (Fsp3) is 0.357. The van der Waals surface area contributed by atoms with E-state index in [1.165, 1.54) is 5.56 Å². The fourth-order valence-corrected chi connectivity index (χ4v) is 2.01. The van der Waals surface area contributed by atoms with E-state index in [1.54, 1.807) is 4.68 Å². The summed E-state index contributed by atoms with van der Waals surface area (Å²) in [6, 6.07) is 10.4.